The van der Waals surface area contributed by atoms with Crippen LogP contribution in [0.25, 0.3) is 0 Å². The molecule has 7 heteroatoms. The molecular formula is C21H35N3O4. The Morgan fingerprint density at radius 2 is 1.79 bits per heavy atom. The van der Waals surface area contributed by atoms with E-state index < -0.39 is 0 Å². The fourth-order valence-electron chi connectivity index (χ4n) is 6.13. The lowest BCUT2D eigenvalue weighted by Crippen LogP contribution is -2.55. The van der Waals surface area contributed by atoms with Gasteiger partial charge in [-0.3, -0.25) is 0 Å². The normalized spacial score (nSPS) is 33.9. The van der Waals surface area contributed by atoms with E-state index in [0.29, 0.717) is 30.0 Å². The third-order valence-corrected chi connectivity index (χ3v) is 7.64. The van der Waals surface area contributed by atoms with Crippen molar-refractivity contribution in [1.82, 2.24) is 14.7 Å². The smallest absolute Gasteiger partial charge is 0.409 e. The summed E-state index contributed by atoms with van der Waals surface area (Å²) in [7, 11) is 1.48. The third-order valence-electron chi connectivity index (χ3n) is 7.64. The highest BCUT2D eigenvalue weighted by atomic mass is 16.6. The van der Waals surface area contributed by atoms with Gasteiger partial charge < -0.3 is 24.2 Å². The lowest BCUT2D eigenvalue weighted by Gasteiger charge is -2.52. The van der Waals surface area contributed by atoms with E-state index in [1.165, 1.54) is 32.8 Å². The van der Waals surface area contributed by atoms with E-state index in [2.05, 4.69) is 4.90 Å². The fourth-order valence-corrected chi connectivity index (χ4v) is 6.13. The quantitative estimate of drug-likeness (QED) is 0.738. The van der Waals surface area contributed by atoms with Gasteiger partial charge in [0, 0.05) is 31.7 Å². The Balaban J connectivity index is 1.23. The number of hydrogen-bond acceptors (Lipinski definition) is 5. The molecule has 4 aliphatic rings. The van der Waals surface area contributed by atoms with Crippen LogP contribution in [0.3, 0.4) is 0 Å². The summed E-state index contributed by atoms with van der Waals surface area (Å²) in [5, 5.41) is 0. The lowest BCUT2D eigenvalue weighted by atomic mass is 9.64. The van der Waals surface area contributed by atoms with Crippen LogP contribution >= 0.6 is 0 Å². The molecule has 1 atom stereocenters. The molecule has 158 valence electrons. The van der Waals surface area contributed by atoms with Crippen molar-refractivity contribution in [3.63, 3.8) is 0 Å². The van der Waals surface area contributed by atoms with E-state index in [0.717, 1.165) is 52.0 Å². The number of carbonyl (C=O) groups is 2. The van der Waals surface area contributed by atoms with E-state index in [1.54, 1.807) is 0 Å². The van der Waals surface area contributed by atoms with Crippen molar-refractivity contribution >= 4 is 12.2 Å². The third kappa shape index (κ3) is 3.70. The minimum Gasteiger partial charge on any atom is -0.453 e. The number of piperidine rings is 1. The predicted octanol–water partition coefficient (Wildman–Crippen LogP) is 2.94. The molecular weight excluding hydrogens is 358 g/mol. The summed E-state index contributed by atoms with van der Waals surface area (Å²) in [5.41, 5.74) is 0.335. The van der Waals surface area contributed by atoms with Gasteiger partial charge in [0.25, 0.3) is 0 Å². The van der Waals surface area contributed by atoms with E-state index in [1.807, 2.05) is 16.7 Å². The molecule has 4 fully saturated rings. The fraction of sp³-hybridized carbons (Fsp3) is 0.905. The van der Waals surface area contributed by atoms with Gasteiger partial charge in [0.15, 0.2) is 0 Å². The molecule has 28 heavy (non-hydrogen) atoms. The first-order valence-electron chi connectivity index (χ1n) is 11.1. The van der Waals surface area contributed by atoms with Crippen molar-refractivity contribution in [2.24, 2.45) is 11.3 Å². The van der Waals surface area contributed by atoms with Crippen LogP contribution < -0.4 is 0 Å². The van der Waals surface area contributed by atoms with Gasteiger partial charge in [0.2, 0.25) is 0 Å². The average Bonchev–Trinajstić information content (AvgIpc) is 3.34. The zero-order valence-electron chi connectivity index (χ0n) is 17.4. The first-order valence-corrected chi connectivity index (χ1v) is 11.1. The van der Waals surface area contributed by atoms with Crippen LogP contribution in [0.2, 0.25) is 0 Å². The molecule has 2 amide bonds. The Labute approximate surface area is 168 Å². The summed E-state index contributed by atoms with van der Waals surface area (Å²) in [4.78, 5) is 30.5. The Hall–Kier alpha value is -1.50. The second-order valence-corrected chi connectivity index (χ2v) is 9.18. The van der Waals surface area contributed by atoms with Gasteiger partial charge in [0.1, 0.15) is 0 Å². The highest BCUT2D eigenvalue weighted by Crippen LogP contribution is 2.51. The van der Waals surface area contributed by atoms with E-state index in [9.17, 15) is 9.59 Å². The highest BCUT2D eigenvalue weighted by Gasteiger charge is 2.51. The van der Waals surface area contributed by atoms with Crippen LogP contribution in [-0.2, 0) is 9.47 Å². The summed E-state index contributed by atoms with van der Waals surface area (Å²) in [5.74, 6) is 0.609. The number of likely N-dealkylation sites (tertiary alicyclic amines) is 3. The molecule has 7 nitrogen and oxygen atoms in total. The van der Waals surface area contributed by atoms with E-state index >= 15 is 0 Å². The van der Waals surface area contributed by atoms with Gasteiger partial charge in [0.05, 0.1) is 13.7 Å². The van der Waals surface area contributed by atoms with Crippen molar-refractivity contribution in [1.29, 1.82) is 0 Å². The maximum absolute atomic E-state index is 12.0. The molecule has 4 rings (SSSR count). The second kappa shape index (κ2) is 8.09. The van der Waals surface area contributed by atoms with E-state index in [4.69, 9.17) is 9.47 Å². The molecule has 3 aliphatic heterocycles. The number of methoxy groups -OCH3 is 1. The largest absolute Gasteiger partial charge is 0.453 e. The first kappa shape index (κ1) is 19.8. The summed E-state index contributed by atoms with van der Waals surface area (Å²) >= 11 is 0. The molecule has 1 spiro atoms. The monoisotopic (exact) mass is 393 g/mol. The van der Waals surface area contributed by atoms with Gasteiger partial charge in [-0.2, -0.15) is 0 Å². The molecule has 3 heterocycles. The van der Waals surface area contributed by atoms with Crippen LogP contribution in [-0.4, -0.2) is 85.4 Å². The molecule has 0 bridgehead atoms. The van der Waals surface area contributed by atoms with Crippen LogP contribution in [0.4, 0.5) is 9.59 Å². The van der Waals surface area contributed by atoms with Crippen LogP contribution in [0.1, 0.15) is 51.9 Å². The molecule has 1 saturated carbocycles. The maximum Gasteiger partial charge on any atom is 0.409 e. The zero-order chi connectivity index (χ0) is 19.7. The van der Waals surface area contributed by atoms with Crippen molar-refractivity contribution in [2.45, 2.75) is 64.0 Å². The summed E-state index contributed by atoms with van der Waals surface area (Å²) in [6, 6.07) is 1.04. The van der Waals surface area contributed by atoms with Crippen molar-refractivity contribution in [2.75, 3.05) is 46.4 Å². The number of rotatable bonds is 3. The van der Waals surface area contributed by atoms with Gasteiger partial charge in [-0.1, -0.05) is 0 Å². The Morgan fingerprint density at radius 3 is 2.46 bits per heavy atom. The Bertz CT molecular complexity index is 584. The van der Waals surface area contributed by atoms with Crippen LogP contribution in [0.5, 0.6) is 0 Å². The molecule has 3 saturated heterocycles. The topological polar surface area (TPSA) is 62.3 Å². The highest BCUT2D eigenvalue weighted by molar-refractivity contribution is 5.68. The SMILES string of the molecule is CCOC(=O)N1CCC2(CC(N3CCC([C@H]4CCCN4C(=O)OC)CC3)C2)C1. The maximum atomic E-state index is 12.0. The number of hydrogen-bond donors (Lipinski definition) is 0. The number of carbonyl (C=O) groups excluding carboxylic acids is 2. The van der Waals surface area contributed by atoms with Crippen LogP contribution in [0.15, 0.2) is 0 Å². The van der Waals surface area contributed by atoms with Crippen molar-refractivity contribution in [3.8, 4) is 0 Å². The molecule has 0 N–H and O–H groups in total. The molecule has 0 aromatic carbocycles. The minimum absolute atomic E-state index is 0.143. The Kier molecular flexibility index (Phi) is 5.72. The number of ether oxygens (including phenoxy) is 2. The molecule has 0 aromatic rings. The van der Waals surface area contributed by atoms with Crippen molar-refractivity contribution < 1.29 is 19.1 Å². The number of nitrogens with zero attached hydrogens (tertiary/aromatic N) is 3. The zero-order valence-corrected chi connectivity index (χ0v) is 17.4. The lowest BCUT2D eigenvalue weighted by molar-refractivity contribution is -0.0155. The molecule has 0 radical (unpaired) electrons. The van der Waals surface area contributed by atoms with Crippen LogP contribution in [0, 0.1) is 11.3 Å². The second-order valence-electron chi connectivity index (χ2n) is 9.18. The minimum atomic E-state index is -0.154. The summed E-state index contributed by atoms with van der Waals surface area (Å²) in [6.07, 6.45) is 7.82. The van der Waals surface area contributed by atoms with Gasteiger partial charge >= 0.3 is 12.2 Å². The van der Waals surface area contributed by atoms with Crippen molar-refractivity contribution in [3.05, 3.63) is 0 Å². The van der Waals surface area contributed by atoms with Gasteiger partial charge in [-0.05, 0) is 76.3 Å². The predicted molar refractivity (Wildman–Crippen MR) is 105 cm³/mol. The van der Waals surface area contributed by atoms with Gasteiger partial charge in [-0.25, -0.2) is 9.59 Å². The summed E-state index contributed by atoms with van der Waals surface area (Å²) < 4.78 is 10.1. The molecule has 0 unspecified atom stereocenters. The summed E-state index contributed by atoms with van der Waals surface area (Å²) in [6.45, 7) is 7.15. The Morgan fingerprint density at radius 1 is 1.04 bits per heavy atom. The molecule has 0 aromatic heterocycles. The molecule has 1 aliphatic carbocycles. The number of amides is 2. The average molecular weight is 394 g/mol. The van der Waals surface area contributed by atoms with E-state index in [-0.39, 0.29) is 12.2 Å². The standard InChI is InChI=1S/C21H35N3O4/c1-3-28-19(25)23-12-8-21(15-23)13-17(14-21)22-10-6-16(7-11-22)18-5-4-9-24(18)20(26)27-2/h16-18H,3-15H2,1-2H3/t17?,18-,21?/m1/s1. The first-order chi connectivity index (χ1) is 13.5. The van der Waals surface area contributed by atoms with Gasteiger partial charge in [-0.15, -0.1) is 0 Å².